The van der Waals surface area contributed by atoms with Gasteiger partial charge in [0.15, 0.2) is 0 Å². The normalized spacial score (nSPS) is 15.0. The molecule has 3 rings (SSSR count). The molecular formula is C19H21ClFN3O. The summed E-state index contributed by atoms with van der Waals surface area (Å²) in [6.07, 6.45) is 4.16. The van der Waals surface area contributed by atoms with E-state index in [1.807, 2.05) is 26.0 Å². The second-order valence-corrected chi connectivity index (χ2v) is 6.57. The highest BCUT2D eigenvalue weighted by Gasteiger charge is 2.10. The van der Waals surface area contributed by atoms with Gasteiger partial charge in [-0.3, -0.25) is 0 Å². The summed E-state index contributed by atoms with van der Waals surface area (Å²) in [4.78, 5) is 4.49. The zero-order chi connectivity index (χ0) is 17.8. The van der Waals surface area contributed by atoms with Crippen molar-refractivity contribution in [3.05, 3.63) is 52.3 Å². The topological polar surface area (TPSA) is 36.9 Å². The maximum Gasteiger partial charge on any atom is 0.145 e. The quantitative estimate of drug-likeness (QED) is 0.591. The Bertz CT molecular complexity index is 788. The van der Waals surface area contributed by atoms with Crippen LogP contribution in [0.15, 0.2) is 35.3 Å². The van der Waals surface area contributed by atoms with E-state index in [4.69, 9.17) is 16.3 Å². The number of aliphatic imine (C=N–C) groups is 1. The van der Waals surface area contributed by atoms with Crippen LogP contribution >= 0.6 is 11.6 Å². The van der Waals surface area contributed by atoms with Crippen LogP contribution in [0.3, 0.4) is 0 Å². The predicted octanol–water partition coefficient (Wildman–Crippen LogP) is 5.15. The number of nitrogens with one attached hydrogen (secondary N) is 1. The second-order valence-electron chi connectivity index (χ2n) is 6.16. The minimum absolute atomic E-state index is 0.0791. The maximum atomic E-state index is 13.6. The molecule has 0 bridgehead atoms. The molecule has 6 heteroatoms. The number of aryl methyl sites for hydroxylation is 2. The van der Waals surface area contributed by atoms with Crippen LogP contribution in [0.1, 0.15) is 24.0 Å². The molecule has 1 saturated heterocycles. The lowest BCUT2D eigenvalue weighted by molar-refractivity contribution is 0.300. The Balaban J connectivity index is 1.72. The summed E-state index contributed by atoms with van der Waals surface area (Å²) in [5.41, 5.74) is 5.98. The molecule has 0 amide bonds. The standard InChI is InChI=1S/C19H21ClFN3O/c1-13-10-19(25-15-5-6-16(20)17(21)11-15)14(2)9-18(13)22-12-23-24-7-3-4-8-24/h5-6,9-12H,3-4,7-8H2,1-2H3,(H,22,23). The summed E-state index contributed by atoms with van der Waals surface area (Å²) in [6.45, 7) is 6.01. The number of ether oxygens (including phenoxy) is 1. The average Bonchev–Trinajstić information content (AvgIpc) is 3.09. The highest BCUT2D eigenvalue weighted by molar-refractivity contribution is 6.30. The van der Waals surface area contributed by atoms with E-state index in [-0.39, 0.29) is 5.02 Å². The van der Waals surface area contributed by atoms with Gasteiger partial charge in [0.05, 0.1) is 10.7 Å². The lowest BCUT2D eigenvalue weighted by Crippen LogP contribution is -2.33. The summed E-state index contributed by atoms with van der Waals surface area (Å²) < 4.78 is 19.3. The van der Waals surface area contributed by atoms with Gasteiger partial charge in [-0.25, -0.2) is 14.4 Å². The van der Waals surface area contributed by atoms with Crippen molar-refractivity contribution in [1.29, 1.82) is 0 Å². The SMILES string of the molecule is Cc1cc(Oc2ccc(Cl)c(F)c2)c(C)cc1N=CNN1CCCC1. The molecule has 2 aromatic rings. The molecule has 2 aromatic carbocycles. The van der Waals surface area contributed by atoms with Crippen LogP contribution in [-0.2, 0) is 0 Å². The molecule has 1 N–H and O–H groups in total. The Kier molecular flexibility index (Phi) is 5.56. The van der Waals surface area contributed by atoms with Crippen molar-refractivity contribution < 1.29 is 9.13 Å². The molecule has 1 aliphatic heterocycles. The van der Waals surface area contributed by atoms with Crippen molar-refractivity contribution in [2.24, 2.45) is 4.99 Å². The summed E-state index contributed by atoms with van der Waals surface area (Å²) in [7, 11) is 0. The van der Waals surface area contributed by atoms with Gasteiger partial charge in [-0.05, 0) is 62.1 Å². The first-order chi connectivity index (χ1) is 12.0. The Labute approximate surface area is 152 Å². The number of benzene rings is 2. The van der Waals surface area contributed by atoms with Gasteiger partial charge in [0.1, 0.15) is 23.7 Å². The summed E-state index contributed by atoms with van der Waals surface area (Å²) >= 11 is 5.70. The van der Waals surface area contributed by atoms with E-state index in [1.54, 1.807) is 12.4 Å². The third-order valence-corrected chi connectivity index (χ3v) is 4.47. The Morgan fingerprint density at radius 3 is 2.64 bits per heavy atom. The molecule has 0 unspecified atom stereocenters. The Morgan fingerprint density at radius 1 is 1.16 bits per heavy atom. The fraction of sp³-hybridized carbons (Fsp3) is 0.316. The second kappa shape index (κ2) is 7.85. The zero-order valence-electron chi connectivity index (χ0n) is 14.4. The highest BCUT2D eigenvalue weighted by atomic mass is 35.5. The molecule has 0 saturated carbocycles. The minimum atomic E-state index is -0.497. The first-order valence-corrected chi connectivity index (χ1v) is 8.68. The minimum Gasteiger partial charge on any atom is -0.457 e. The van der Waals surface area contributed by atoms with E-state index in [0.29, 0.717) is 11.5 Å². The monoisotopic (exact) mass is 361 g/mol. The first-order valence-electron chi connectivity index (χ1n) is 8.31. The van der Waals surface area contributed by atoms with Gasteiger partial charge in [0.2, 0.25) is 0 Å². The van der Waals surface area contributed by atoms with Gasteiger partial charge in [-0.2, -0.15) is 0 Å². The predicted molar refractivity (Wildman–Crippen MR) is 99.5 cm³/mol. The molecule has 0 aromatic heterocycles. The molecule has 1 aliphatic rings. The number of hydrogen-bond donors (Lipinski definition) is 1. The number of nitrogens with zero attached hydrogens (tertiary/aromatic N) is 2. The smallest absolute Gasteiger partial charge is 0.145 e. The fourth-order valence-electron chi connectivity index (χ4n) is 2.72. The molecule has 1 heterocycles. The van der Waals surface area contributed by atoms with Crippen molar-refractivity contribution in [2.75, 3.05) is 13.1 Å². The molecule has 0 aliphatic carbocycles. The molecule has 0 atom stereocenters. The summed E-state index contributed by atoms with van der Waals surface area (Å²) in [6, 6.07) is 8.27. The van der Waals surface area contributed by atoms with Crippen molar-refractivity contribution in [3.63, 3.8) is 0 Å². The third kappa shape index (κ3) is 4.50. The van der Waals surface area contributed by atoms with Gasteiger partial charge >= 0.3 is 0 Å². The van der Waals surface area contributed by atoms with Crippen LogP contribution < -0.4 is 10.2 Å². The average molecular weight is 362 g/mol. The summed E-state index contributed by atoms with van der Waals surface area (Å²) in [5, 5.41) is 2.23. The van der Waals surface area contributed by atoms with Gasteiger partial charge in [0.25, 0.3) is 0 Å². The van der Waals surface area contributed by atoms with E-state index in [1.165, 1.54) is 25.0 Å². The van der Waals surface area contributed by atoms with Crippen LogP contribution in [0.4, 0.5) is 10.1 Å². The van der Waals surface area contributed by atoms with Crippen molar-refractivity contribution in [1.82, 2.24) is 10.4 Å². The van der Waals surface area contributed by atoms with Crippen molar-refractivity contribution >= 4 is 23.6 Å². The summed E-state index contributed by atoms with van der Waals surface area (Å²) in [5.74, 6) is 0.588. The third-order valence-electron chi connectivity index (χ3n) is 4.16. The zero-order valence-corrected chi connectivity index (χ0v) is 15.1. The largest absolute Gasteiger partial charge is 0.457 e. The molecule has 4 nitrogen and oxygen atoms in total. The van der Waals surface area contributed by atoms with Gasteiger partial charge in [0, 0.05) is 19.2 Å². The van der Waals surface area contributed by atoms with Crippen molar-refractivity contribution in [2.45, 2.75) is 26.7 Å². The van der Waals surface area contributed by atoms with Crippen molar-refractivity contribution in [3.8, 4) is 11.5 Å². The van der Waals surface area contributed by atoms with Crippen LogP contribution in [0.5, 0.6) is 11.5 Å². The van der Waals surface area contributed by atoms with Gasteiger partial charge < -0.3 is 10.2 Å². The lowest BCUT2D eigenvalue weighted by atomic mass is 10.1. The highest BCUT2D eigenvalue weighted by Crippen LogP contribution is 2.32. The van der Waals surface area contributed by atoms with Crippen LogP contribution in [-0.4, -0.2) is 24.4 Å². The van der Waals surface area contributed by atoms with Crippen LogP contribution in [0.25, 0.3) is 0 Å². The maximum absolute atomic E-state index is 13.6. The van der Waals surface area contributed by atoms with E-state index < -0.39 is 5.82 Å². The number of hydrazine groups is 1. The molecule has 0 radical (unpaired) electrons. The van der Waals surface area contributed by atoms with Gasteiger partial charge in [-0.1, -0.05) is 11.6 Å². The molecular weight excluding hydrogens is 341 g/mol. The number of halogens is 2. The molecule has 25 heavy (non-hydrogen) atoms. The van der Waals surface area contributed by atoms with E-state index in [2.05, 4.69) is 15.4 Å². The van der Waals surface area contributed by atoms with Gasteiger partial charge in [-0.15, -0.1) is 0 Å². The fourth-order valence-corrected chi connectivity index (χ4v) is 2.83. The Hall–Kier alpha value is -2.11. The van der Waals surface area contributed by atoms with E-state index in [9.17, 15) is 4.39 Å². The molecule has 0 spiro atoms. The lowest BCUT2D eigenvalue weighted by Gasteiger charge is -2.14. The first kappa shape index (κ1) is 17.7. The van der Waals surface area contributed by atoms with E-state index >= 15 is 0 Å². The van der Waals surface area contributed by atoms with E-state index in [0.717, 1.165) is 29.9 Å². The molecule has 1 fully saturated rings. The van der Waals surface area contributed by atoms with Crippen LogP contribution in [0.2, 0.25) is 5.02 Å². The van der Waals surface area contributed by atoms with Crippen LogP contribution in [0, 0.1) is 19.7 Å². The molecule has 132 valence electrons. The Morgan fingerprint density at radius 2 is 1.92 bits per heavy atom. The number of hydrogen-bond acceptors (Lipinski definition) is 3. The number of rotatable bonds is 5.